The van der Waals surface area contributed by atoms with E-state index >= 15 is 4.39 Å². The van der Waals surface area contributed by atoms with Gasteiger partial charge in [-0.2, -0.15) is 13.2 Å². The molecule has 0 spiro atoms. The number of fused-ring (bicyclic) bond motifs is 2. The molecular weight excluding hydrogens is 509 g/mol. The summed E-state index contributed by atoms with van der Waals surface area (Å²) in [6, 6.07) is 0. The van der Waals surface area contributed by atoms with Gasteiger partial charge in [0.2, 0.25) is 0 Å². The maximum Gasteiger partial charge on any atom is 0.418 e. The predicted octanol–water partition coefficient (Wildman–Crippen LogP) is 5.38. The second kappa shape index (κ2) is 9.99. The highest BCUT2D eigenvalue weighted by molar-refractivity contribution is 5.88. The zero-order valence-corrected chi connectivity index (χ0v) is 21.8. The molecule has 4 aliphatic rings. The third-order valence-corrected chi connectivity index (χ3v) is 7.32. The summed E-state index contributed by atoms with van der Waals surface area (Å²) in [5, 5.41) is 0. The number of carbonyl (C=O) groups is 1. The molecule has 1 unspecified atom stereocenters. The van der Waals surface area contributed by atoms with E-state index in [0.717, 1.165) is 0 Å². The Kier molecular flexibility index (Phi) is 7.24. The highest BCUT2D eigenvalue weighted by atomic mass is 19.4. The van der Waals surface area contributed by atoms with E-state index in [4.69, 9.17) is 9.47 Å². The normalized spacial score (nSPS) is 22.9. The lowest BCUT2D eigenvalue weighted by Crippen LogP contribution is -2.43. The number of hydrogen-bond acceptors (Lipinski definition) is 6. The van der Waals surface area contributed by atoms with Gasteiger partial charge in [-0.15, -0.1) is 0 Å². The second-order valence-electron chi connectivity index (χ2n) is 9.58. The Hall–Kier alpha value is -3.50. The van der Waals surface area contributed by atoms with E-state index in [1.54, 1.807) is 53.3 Å². The smallest absolute Gasteiger partial charge is 0.418 e. The Bertz CT molecular complexity index is 1230. The molecule has 0 radical (unpaired) electrons. The number of alkyl halides is 4. The fraction of sp³-hybridized carbons (Fsp3) is 0.444. The second-order valence-corrected chi connectivity index (χ2v) is 9.58. The summed E-state index contributed by atoms with van der Waals surface area (Å²) in [4.78, 5) is 18.0. The molecule has 3 heterocycles. The van der Waals surface area contributed by atoms with Crippen LogP contribution in [0.1, 0.15) is 26.7 Å². The molecule has 3 aliphatic heterocycles. The Morgan fingerprint density at radius 2 is 1.87 bits per heavy atom. The number of likely N-dealkylation sites (N-methyl/N-ethyl adjacent to an activating group) is 1. The van der Waals surface area contributed by atoms with Gasteiger partial charge in [-0.3, -0.25) is 0 Å². The summed E-state index contributed by atoms with van der Waals surface area (Å²) >= 11 is 0. The largest absolute Gasteiger partial charge is 0.497 e. The van der Waals surface area contributed by atoms with Gasteiger partial charge in [0, 0.05) is 38.1 Å². The quantitative estimate of drug-likeness (QED) is 0.334. The third-order valence-electron chi connectivity index (χ3n) is 7.32. The standard InChI is InChI=1S/C27H30F5N3O3/c1-6-26(7-2)12-16(14-38-25(36)21-13-33(3)15-34(21)4)18-11-19(28)23(27(30,31)32)24(29)22(18)20-10-17(37-5)8-9-35(20)26/h8-13,24H,6-7,14-15H2,1-5H3. The van der Waals surface area contributed by atoms with Gasteiger partial charge in [0.05, 0.1) is 25.0 Å². The topological polar surface area (TPSA) is 45.3 Å². The molecule has 0 fully saturated rings. The van der Waals surface area contributed by atoms with Crippen LogP contribution in [0.15, 0.2) is 82.0 Å². The van der Waals surface area contributed by atoms with Crippen LogP contribution >= 0.6 is 0 Å². The number of halogens is 5. The molecule has 0 saturated heterocycles. The van der Waals surface area contributed by atoms with Crippen LogP contribution < -0.4 is 0 Å². The van der Waals surface area contributed by atoms with Gasteiger partial charge in [-0.25, -0.2) is 13.6 Å². The van der Waals surface area contributed by atoms with Crippen LogP contribution in [0.3, 0.4) is 0 Å². The molecule has 0 aromatic carbocycles. The SMILES string of the molecule is CCC1(CC)C=C(COC(=O)C2=CN(C)CN2C)C2=CC(F)=C(C(F)(F)F)C(F)C2=C2C=C(OC)C=CN21. The maximum atomic E-state index is 15.9. The van der Waals surface area contributed by atoms with Crippen molar-refractivity contribution in [2.24, 2.45) is 0 Å². The minimum Gasteiger partial charge on any atom is -0.497 e. The van der Waals surface area contributed by atoms with E-state index in [1.165, 1.54) is 13.2 Å². The van der Waals surface area contributed by atoms with Crippen LogP contribution in [0.5, 0.6) is 0 Å². The Morgan fingerprint density at radius 3 is 2.42 bits per heavy atom. The number of carbonyl (C=O) groups excluding carboxylic acids is 1. The molecule has 0 saturated carbocycles. The van der Waals surface area contributed by atoms with Crippen LogP contribution in [-0.2, 0) is 14.3 Å². The molecule has 0 bridgehead atoms. The summed E-state index contributed by atoms with van der Waals surface area (Å²) in [6.45, 7) is 3.86. The minimum absolute atomic E-state index is 0.0903. The van der Waals surface area contributed by atoms with Gasteiger partial charge in [-0.1, -0.05) is 19.9 Å². The minimum atomic E-state index is -5.23. The van der Waals surface area contributed by atoms with Gasteiger partial charge < -0.3 is 24.2 Å². The molecule has 0 N–H and O–H groups in total. The lowest BCUT2D eigenvalue weighted by molar-refractivity contribution is -0.139. The van der Waals surface area contributed by atoms with E-state index in [-0.39, 0.29) is 28.1 Å². The van der Waals surface area contributed by atoms with Crippen molar-refractivity contribution in [3.63, 3.8) is 0 Å². The fourth-order valence-corrected chi connectivity index (χ4v) is 5.27. The molecule has 1 atom stereocenters. The summed E-state index contributed by atoms with van der Waals surface area (Å²) in [6.07, 6.45) is 1.65. The van der Waals surface area contributed by atoms with Gasteiger partial charge in [0.15, 0.2) is 6.17 Å². The summed E-state index contributed by atoms with van der Waals surface area (Å²) in [7, 11) is 4.89. The summed E-state index contributed by atoms with van der Waals surface area (Å²) < 4.78 is 83.0. The zero-order chi connectivity index (χ0) is 28.0. The molecule has 0 aromatic rings. The van der Waals surface area contributed by atoms with Gasteiger partial charge >= 0.3 is 12.1 Å². The summed E-state index contributed by atoms with van der Waals surface area (Å²) in [5.41, 5.74) is -2.55. The van der Waals surface area contributed by atoms with Gasteiger partial charge in [0.25, 0.3) is 0 Å². The van der Waals surface area contributed by atoms with Crippen molar-refractivity contribution in [2.45, 2.75) is 44.6 Å². The number of ether oxygens (including phenoxy) is 2. The average Bonchev–Trinajstić information content (AvgIpc) is 3.15. The van der Waals surface area contributed by atoms with Crippen molar-refractivity contribution in [2.75, 3.05) is 34.5 Å². The van der Waals surface area contributed by atoms with Crippen LogP contribution in [0.2, 0.25) is 0 Å². The molecule has 0 aromatic heterocycles. The Balaban J connectivity index is 1.89. The van der Waals surface area contributed by atoms with E-state index in [0.29, 0.717) is 31.3 Å². The average molecular weight is 540 g/mol. The van der Waals surface area contributed by atoms with Crippen molar-refractivity contribution < 1.29 is 36.2 Å². The number of esters is 1. The van der Waals surface area contributed by atoms with Crippen molar-refractivity contribution in [3.05, 3.63) is 82.0 Å². The Morgan fingerprint density at radius 1 is 1.18 bits per heavy atom. The van der Waals surface area contributed by atoms with Crippen LogP contribution in [0.25, 0.3) is 0 Å². The van der Waals surface area contributed by atoms with Crippen molar-refractivity contribution in [1.82, 2.24) is 14.7 Å². The lowest BCUT2D eigenvalue weighted by Gasteiger charge is -2.42. The molecule has 4 rings (SSSR count). The van der Waals surface area contributed by atoms with E-state index in [1.807, 2.05) is 13.8 Å². The first kappa shape index (κ1) is 27.5. The molecule has 1 aliphatic carbocycles. The number of nitrogens with zero attached hydrogens (tertiary/aromatic N) is 3. The monoisotopic (exact) mass is 539 g/mol. The first-order chi connectivity index (χ1) is 17.9. The Labute approximate surface area is 218 Å². The maximum absolute atomic E-state index is 15.9. The lowest BCUT2D eigenvalue weighted by atomic mass is 9.84. The predicted molar refractivity (Wildman–Crippen MR) is 131 cm³/mol. The summed E-state index contributed by atoms with van der Waals surface area (Å²) in [5.74, 6) is -2.07. The number of allylic oxidation sites excluding steroid dienone is 6. The van der Waals surface area contributed by atoms with Crippen LogP contribution in [0, 0.1) is 0 Å². The van der Waals surface area contributed by atoms with Gasteiger partial charge in [0.1, 0.15) is 29.5 Å². The van der Waals surface area contributed by atoms with E-state index in [2.05, 4.69) is 0 Å². The number of hydrogen-bond donors (Lipinski definition) is 0. The first-order valence-corrected chi connectivity index (χ1v) is 12.2. The van der Waals surface area contributed by atoms with Crippen molar-refractivity contribution in [3.8, 4) is 0 Å². The van der Waals surface area contributed by atoms with Gasteiger partial charge in [-0.05, 0) is 36.1 Å². The number of rotatable bonds is 6. The molecule has 11 heteroatoms. The molecule has 0 amide bonds. The zero-order valence-electron chi connectivity index (χ0n) is 21.8. The van der Waals surface area contributed by atoms with Crippen molar-refractivity contribution >= 4 is 5.97 Å². The van der Waals surface area contributed by atoms with Crippen LogP contribution in [0.4, 0.5) is 22.0 Å². The molecule has 206 valence electrons. The van der Waals surface area contributed by atoms with Crippen molar-refractivity contribution in [1.29, 1.82) is 0 Å². The van der Waals surface area contributed by atoms with Crippen LogP contribution in [-0.4, -0.2) is 73.0 Å². The molecule has 38 heavy (non-hydrogen) atoms. The fourth-order valence-electron chi connectivity index (χ4n) is 5.27. The van der Waals surface area contributed by atoms with E-state index < -0.39 is 41.9 Å². The highest BCUT2D eigenvalue weighted by Crippen LogP contribution is 2.49. The molecule has 6 nitrogen and oxygen atoms in total. The molecular formula is C27H30F5N3O3. The number of methoxy groups -OCH3 is 1. The van der Waals surface area contributed by atoms with E-state index in [9.17, 15) is 22.4 Å². The first-order valence-electron chi connectivity index (χ1n) is 12.2. The third kappa shape index (κ3) is 4.63. The highest BCUT2D eigenvalue weighted by Gasteiger charge is 2.49.